The maximum Gasteiger partial charge on any atom is 0.242 e. The monoisotopic (exact) mass is 335 g/mol. The highest BCUT2D eigenvalue weighted by Gasteiger charge is 2.30. The van der Waals surface area contributed by atoms with Crippen molar-refractivity contribution in [3.63, 3.8) is 0 Å². The first-order valence-electron chi connectivity index (χ1n) is 5.73. The lowest BCUT2D eigenvalue weighted by Crippen LogP contribution is -2.52. The van der Waals surface area contributed by atoms with Crippen LogP contribution < -0.4 is 10.5 Å². The van der Waals surface area contributed by atoms with Crippen LogP contribution in [0.3, 0.4) is 0 Å². The second-order valence-corrected chi connectivity index (χ2v) is 6.73. The Kier molecular flexibility index (Phi) is 5.27. The highest BCUT2D eigenvalue weighted by Crippen LogP contribution is 2.20. The predicted molar refractivity (Wildman–Crippen MR) is 74.6 cm³/mol. The fraction of sp³-hybridized carbons (Fsp3) is 0.545. The molecule has 7 heteroatoms. The fourth-order valence-electron chi connectivity index (χ4n) is 1.61. The molecule has 0 fully saturated rings. The molecule has 0 aliphatic rings. The van der Waals surface area contributed by atoms with Gasteiger partial charge in [0.1, 0.15) is 4.90 Å². The number of rotatable bonds is 6. The van der Waals surface area contributed by atoms with Crippen LogP contribution in [0.25, 0.3) is 0 Å². The van der Waals surface area contributed by atoms with Gasteiger partial charge in [-0.2, -0.15) is 0 Å². The summed E-state index contributed by atoms with van der Waals surface area (Å²) in [6.07, 6.45) is 4.13. The van der Waals surface area contributed by atoms with Gasteiger partial charge in [-0.1, -0.05) is 13.8 Å². The lowest BCUT2D eigenvalue weighted by Gasteiger charge is -2.30. The smallest absolute Gasteiger partial charge is 0.242 e. The largest absolute Gasteiger partial charge is 0.329 e. The number of hydrogen-bond acceptors (Lipinski definition) is 4. The molecule has 0 bridgehead atoms. The predicted octanol–water partition coefficient (Wildman–Crippen LogP) is 1.64. The van der Waals surface area contributed by atoms with Crippen molar-refractivity contribution in [2.45, 2.75) is 37.1 Å². The Morgan fingerprint density at radius 2 is 2.00 bits per heavy atom. The van der Waals surface area contributed by atoms with Gasteiger partial charge >= 0.3 is 0 Å². The molecule has 102 valence electrons. The van der Waals surface area contributed by atoms with Gasteiger partial charge in [0, 0.05) is 29.0 Å². The van der Waals surface area contributed by atoms with Crippen LogP contribution in [-0.4, -0.2) is 25.5 Å². The number of pyridine rings is 1. The standard InChI is InChI=1S/C11H18BrN3O2S/c1-3-11(4-2,8-13)15-18(16,17)10-5-9(12)6-14-7-10/h5-7,15H,3-4,8,13H2,1-2H3. The van der Waals surface area contributed by atoms with Crippen molar-refractivity contribution in [3.8, 4) is 0 Å². The Morgan fingerprint density at radius 3 is 2.44 bits per heavy atom. The first-order valence-corrected chi connectivity index (χ1v) is 8.01. The molecule has 18 heavy (non-hydrogen) atoms. The Hall–Kier alpha value is -0.500. The van der Waals surface area contributed by atoms with Crippen LogP contribution in [0.4, 0.5) is 0 Å². The van der Waals surface area contributed by atoms with Crippen molar-refractivity contribution in [2.24, 2.45) is 5.73 Å². The third-order valence-electron chi connectivity index (χ3n) is 3.09. The van der Waals surface area contributed by atoms with Gasteiger partial charge in [-0.05, 0) is 34.8 Å². The van der Waals surface area contributed by atoms with Gasteiger partial charge in [0.2, 0.25) is 10.0 Å². The molecular weight excluding hydrogens is 318 g/mol. The van der Waals surface area contributed by atoms with E-state index in [1.165, 1.54) is 18.5 Å². The average Bonchev–Trinajstić information content (AvgIpc) is 2.36. The summed E-state index contributed by atoms with van der Waals surface area (Å²) >= 11 is 3.21. The molecule has 0 unspecified atom stereocenters. The van der Waals surface area contributed by atoms with Gasteiger partial charge in [-0.15, -0.1) is 0 Å². The number of aromatic nitrogens is 1. The van der Waals surface area contributed by atoms with Crippen LogP contribution in [0.2, 0.25) is 0 Å². The van der Waals surface area contributed by atoms with Gasteiger partial charge < -0.3 is 5.73 Å². The molecule has 0 aromatic carbocycles. The Bertz CT molecular complexity index is 493. The molecule has 1 rings (SSSR count). The van der Waals surface area contributed by atoms with Crippen LogP contribution in [0.1, 0.15) is 26.7 Å². The number of nitrogens with one attached hydrogen (secondary N) is 1. The summed E-state index contributed by atoms with van der Waals surface area (Å²) < 4.78 is 27.8. The molecule has 0 aliphatic heterocycles. The Labute approximate surface area is 116 Å². The topological polar surface area (TPSA) is 85.1 Å². The molecule has 1 heterocycles. The van der Waals surface area contributed by atoms with Crippen molar-refractivity contribution < 1.29 is 8.42 Å². The van der Waals surface area contributed by atoms with E-state index in [-0.39, 0.29) is 11.4 Å². The van der Waals surface area contributed by atoms with Gasteiger partial charge in [0.15, 0.2) is 0 Å². The lowest BCUT2D eigenvalue weighted by atomic mass is 9.95. The van der Waals surface area contributed by atoms with Crippen LogP contribution in [-0.2, 0) is 10.0 Å². The Balaban J connectivity index is 3.08. The van der Waals surface area contributed by atoms with E-state index in [9.17, 15) is 8.42 Å². The summed E-state index contributed by atoms with van der Waals surface area (Å²) in [7, 11) is -3.60. The zero-order valence-electron chi connectivity index (χ0n) is 10.5. The van der Waals surface area contributed by atoms with Crippen molar-refractivity contribution in [3.05, 3.63) is 22.9 Å². The summed E-state index contributed by atoms with van der Waals surface area (Å²) in [5, 5.41) is 0. The van der Waals surface area contributed by atoms with Crippen LogP contribution in [0.5, 0.6) is 0 Å². The van der Waals surface area contributed by atoms with Gasteiger partial charge in [-0.25, -0.2) is 13.1 Å². The molecule has 0 amide bonds. The first kappa shape index (κ1) is 15.6. The summed E-state index contributed by atoms with van der Waals surface area (Å²) in [6, 6.07) is 1.52. The lowest BCUT2D eigenvalue weighted by molar-refractivity contribution is 0.363. The van der Waals surface area contributed by atoms with E-state index >= 15 is 0 Å². The number of nitrogens with zero attached hydrogens (tertiary/aromatic N) is 1. The molecule has 0 atom stereocenters. The van der Waals surface area contributed by atoms with Crippen molar-refractivity contribution >= 4 is 26.0 Å². The van der Waals surface area contributed by atoms with E-state index in [0.29, 0.717) is 17.3 Å². The van der Waals surface area contributed by atoms with Crippen molar-refractivity contribution in [2.75, 3.05) is 6.54 Å². The van der Waals surface area contributed by atoms with Gasteiger partial charge in [0.05, 0.1) is 0 Å². The van der Waals surface area contributed by atoms with E-state index in [4.69, 9.17) is 5.73 Å². The minimum Gasteiger partial charge on any atom is -0.329 e. The normalized spacial score (nSPS) is 12.7. The molecule has 0 aliphatic carbocycles. The van der Waals surface area contributed by atoms with Gasteiger partial charge in [0.25, 0.3) is 0 Å². The van der Waals surface area contributed by atoms with Crippen molar-refractivity contribution in [1.82, 2.24) is 9.71 Å². The summed E-state index contributed by atoms with van der Waals surface area (Å²) in [6.45, 7) is 4.09. The number of hydrogen-bond donors (Lipinski definition) is 2. The maximum atomic E-state index is 12.2. The summed E-state index contributed by atoms with van der Waals surface area (Å²) in [4.78, 5) is 4.00. The third-order valence-corrected chi connectivity index (χ3v) is 5.06. The quantitative estimate of drug-likeness (QED) is 0.827. The van der Waals surface area contributed by atoms with E-state index in [1.807, 2.05) is 13.8 Å². The number of sulfonamides is 1. The van der Waals surface area contributed by atoms with E-state index in [1.54, 1.807) is 0 Å². The number of halogens is 1. The molecule has 3 N–H and O–H groups in total. The minimum atomic E-state index is -3.60. The summed E-state index contributed by atoms with van der Waals surface area (Å²) in [5.74, 6) is 0. The molecule has 1 aromatic heterocycles. The molecule has 5 nitrogen and oxygen atoms in total. The van der Waals surface area contributed by atoms with E-state index in [2.05, 4.69) is 25.6 Å². The molecule has 1 aromatic rings. The second kappa shape index (κ2) is 6.10. The molecular formula is C11H18BrN3O2S. The van der Waals surface area contributed by atoms with E-state index < -0.39 is 15.6 Å². The van der Waals surface area contributed by atoms with Crippen molar-refractivity contribution in [1.29, 1.82) is 0 Å². The molecule has 0 saturated heterocycles. The van der Waals surface area contributed by atoms with Crippen LogP contribution >= 0.6 is 15.9 Å². The molecule has 0 spiro atoms. The van der Waals surface area contributed by atoms with Gasteiger partial charge in [-0.3, -0.25) is 4.98 Å². The summed E-state index contributed by atoms with van der Waals surface area (Å²) in [5.41, 5.74) is 5.10. The first-order chi connectivity index (χ1) is 8.39. The zero-order chi connectivity index (χ0) is 13.8. The zero-order valence-corrected chi connectivity index (χ0v) is 12.9. The average molecular weight is 336 g/mol. The fourth-order valence-corrected chi connectivity index (χ4v) is 3.67. The highest BCUT2D eigenvalue weighted by atomic mass is 79.9. The SMILES string of the molecule is CCC(CC)(CN)NS(=O)(=O)c1cncc(Br)c1. The molecule has 0 radical (unpaired) electrons. The minimum absolute atomic E-state index is 0.136. The Morgan fingerprint density at radius 1 is 1.39 bits per heavy atom. The van der Waals surface area contributed by atoms with Crippen LogP contribution in [0.15, 0.2) is 27.8 Å². The number of nitrogens with two attached hydrogens (primary N) is 1. The highest BCUT2D eigenvalue weighted by molar-refractivity contribution is 9.10. The maximum absolute atomic E-state index is 12.2. The van der Waals surface area contributed by atoms with Crippen LogP contribution in [0, 0.1) is 0 Å². The third kappa shape index (κ3) is 3.50. The second-order valence-electron chi connectivity index (χ2n) is 4.14. The molecule has 0 saturated carbocycles. The van der Waals surface area contributed by atoms with E-state index in [0.717, 1.165) is 0 Å².